The van der Waals surface area contributed by atoms with E-state index in [1.165, 1.54) is 81.4 Å². The first kappa shape index (κ1) is 41.3. The highest BCUT2D eigenvalue weighted by molar-refractivity contribution is 6.14. The molecule has 0 bridgehead atoms. The summed E-state index contributed by atoms with van der Waals surface area (Å²) in [4.78, 5) is 8.19. The second-order valence-electron chi connectivity index (χ2n) is 19.8. The highest BCUT2D eigenvalue weighted by Crippen LogP contribution is 2.52. The van der Waals surface area contributed by atoms with Crippen LogP contribution in [0.25, 0.3) is 49.8 Å². The predicted octanol–water partition coefficient (Wildman–Crippen LogP) is 15.8. The number of nitrogens with one attached hydrogen (secondary N) is 2. The number of allylic oxidation sites excluding steroid dienone is 8. The van der Waals surface area contributed by atoms with Gasteiger partial charge >= 0.3 is 0 Å². The summed E-state index contributed by atoms with van der Waals surface area (Å²) in [6, 6.07) is 47.8. The highest BCUT2D eigenvalue weighted by Gasteiger charge is 2.40. The number of amidine groups is 1. The van der Waals surface area contributed by atoms with Gasteiger partial charge in [-0.2, -0.15) is 0 Å². The molecule has 68 heavy (non-hydrogen) atoms. The fraction of sp³-hybridized carbons (Fsp3) is 0.254. The highest BCUT2D eigenvalue weighted by atomic mass is 16.3. The molecule has 0 fully saturated rings. The van der Waals surface area contributed by atoms with Gasteiger partial charge in [0.2, 0.25) is 0 Å². The van der Waals surface area contributed by atoms with E-state index >= 15 is 0 Å². The van der Waals surface area contributed by atoms with Crippen LogP contribution in [0.5, 0.6) is 0 Å². The maximum absolute atomic E-state index is 7.18. The summed E-state index contributed by atoms with van der Waals surface area (Å²) in [5, 5.41) is 10.2. The molecule has 2 aliphatic heterocycles. The molecular formula is C63H58N4O. The van der Waals surface area contributed by atoms with Gasteiger partial charge in [0.05, 0.1) is 6.04 Å². The molecule has 5 heteroatoms. The summed E-state index contributed by atoms with van der Waals surface area (Å²) in [5.74, 6) is 2.05. The lowest BCUT2D eigenvalue weighted by molar-refractivity contribution is 0.319. The van der Waals surface area contributed by atoms with E-state index in [-0.39, 0.29) is 12.3 Å². The second-order valence-corrected chi connectivity index (χ2v) is 19.8. The van der Waals surface area contributed by atoms with Crippen molar-refractivity contribution in [2.45, 2.75) is 94.4 Å². The van der Waals surface area contributed by atoms with Gasteiger partial charge in [0.15, 0.2) is 0 Å². The molecule has 1 aromatic heterocycles. The molecule has 3 heterocycles. The van der Waals surface area contributed by atoms with Crippen molar-refractivity contribution in [3.8, 4) is 22.3 Å². The molecule has 7 aromatic rings. The molecule has 6 aliphatic rings. The molecule has 6 unspecified atom stereocenters. The van der Waals surface area contributed by atoms with Crippen LogP contribution in [0.15, 0.2) is 191 Å². The largest absolute Gasteiger partial charge is 0.455 e. The SMILES string of the molecule is C1=CCCC(c2ccc(-c3ccc(-c4cccc5c4oc4cc6c(cc45)C4CCC=CC4N6c4ccccc4)c(C4=NC(C5C=CCCC5)NC(c5ccccc5)N4)c3)cc2C2C=CCCC2)=C1. The number of para-hydroxylation sites is 2. The third kappa shape index (κ3) is 7.39. The Kier molecular flexibility index (Phi) is 10.7. The summed E-state index contributed by atoms with van der Waals surface area (Å²) >= 11 is 0. The van der Waals surface area contributed by atoms with Crippen molar-refractivity contribution in [2.24, 2.45) is 10.9 Å². The topological polar surface area (TPSA) is 52.8 Å². The number of nitrogens with zero attached hydrogens (tertiary/aromatic N) is 2. The van der Waals surface area contributed by atoms with E-state index in [4.69, 9.17) is 9.41 Å². The van der Waals surface area contributed by atoms with E-state index in [0.717, 1.165) is 77.6 Å². The van der Waals surface area contributed by atoms with E-state index in [1.54, 1.807) is 0 Å². The van der Waals surface area contributed by atoms with Gasteiger partial charge in [-0.1, -0.05) is 146 Å². The molecule has 0 amide bonds. The smallest absolute Gasteiger partial charge is 0.143 e. The van der Waals surface area contributed by atoms with Crippen LogP contribution in [0, 0.1) is 5.92 Å². The van der Waals surface area contributed by atoms with Crippen molar-refractivity contribution < 1.29 is 4.42 Å². The Labute approximate surface area is 400 Å². The van der Waals surface area contributed by atoms with Crippen molar-refractivity contribution in [3.63, 3.8) is 0 Å². The van der Waals surface area contributed by atoms with Gasteiger partial charge in [-0.25, -0.2) is 4.99 Å². The van der Waals surface area contributed by atoms with Crippen LogP contribution in [-0.2, 0) is 0 Å². The van der Waals surface area contributed by atoms with Crippen molar-refractivity contribution in [3.05, 3.63) is 210 Å². The van der Waals surface area contributed by atoms with E-state index in [9.17, 15) is 0 Å². The third-order valence-electron chi connectivity index (χ3n) is 15.7. The molecule has 6 aromatic carbocycles. The van der Waals surface area contributed by atoms with Crippen LogP contribution in [0.4, 0.5) is 11.4 Å². The van der Waals surface area contributed by atoms with Gasteiger partial charge in [-0.3, -0.25) is 5.32 Å². The van der Waals surface area contributed by atoms with E-state index in [1.807, 2.05) is 0 Å². The standard InChI is InChI=1S/C63H58N4O/c1-6-19-41(20-7-1)48-35-33-45(37-53(48)42-21-8-2-9-22-42)46-34-36-49(56(38-46)63-65-61(43-23-10-3-11-24-43)64-62(66-63)44-25-12-4-13-26-44)51-30-18-31-52-55-39-54-50-29-16-17-32-57(50)67(47-27-14-5-15-28-47)58(54)40-59(55)68-60(51)52/h1,3,5-6,8,10-12,14-15,17-19,21,23-25,27-28,30-40,42,44,50,57,61-62,64H,2,4,7,9,13,16,20,22,26,29H2,(H,65,66). The van der Waals surface area contributed by atoms with Crippen molar-refractivity contribution >= 4 is 44.7 Å². The van der Waals surface area contributed by atoms with Crippen LogP contribution in [-0.4, -0.2) is 18.0 Å². The molecule has 0 radical (unpaired) electrons. The first-order valence-corrected chi connectivity index (χ1v) is 25.4. The zero-order valence-corrected chi connectivity index (χ0v) is 38.7. The summed E-state index contributed by atoms with van der Waals surface area (Å²) in [7, 11) is 0. The summed E-state index contributed by atoms with van der Waals surface area (Å²) < 4.78 is 7.18. The Hall–Kier alpha value is -6.95. The predicted molar refractivity (Wildman–Crippen MR) is 282 cm³/mol. The first-order valence-electron chi connectivity index (χ1n) is 25.4. The number of anilines is 2. The maximum atomic E-state index is 7.18. The molecule has 336 valence electrons. The number of hydrogen-bond donors (Lipinski definition) is 2. The van der Waals surface area contributed by atoms with Gasteiger partial charge in [0.25, 0.3) is 0 Å². The third-order valence-corrected chi connectivity index (χ3v) is 15.7. The lowest BCUT2D eigenvalue weighted by Crippen LogP contribution is -2.51. The Bertz CT molecular complexity index is 3240. The monoisotopic (exact) mass is 886 g/mol. The van der Waals surface area contributed by atoms with Gasteiger partial charge in [0.1, 0.15) is 29.3 Å². The summed E-state index contributed by atoms with van der Waals surface area (Å²) in [5.41, 5.74) is 16.9. The minimum atomic E-state index is -0.113. The van der Waals surface area contributed by atoms with Crippen LogP contribution in [0.1, 0.15) is 110 Å². The van der Waals surface area contributed by atoms with Gasteiger partial charge < -0.3 is 14.6 Å². The van der Waals surface area contributed by atoms with Gasteiger partial charge in [-0.05, 0) is 139 Å². The molecule has 6 atom stereocenters. The van der Waals surface area contributed by atoms with E-state index < -0.39 is 0 Å². The maximum Gasteiger partial charge on any atom is 0.143 e. The second kappa shape index (κ2) is 17.6. The number of hydrogen-bond acceptors (Lipinski definition) is 5. The molecule has 0 saturated carbocycles. The van der Waals surface area contributed by atoms with E-state index in [0.29, 0.717) is 23.8 Å². The summed E-state index contributed by atoms with van der Waals surface area (Å²) in [6.07, 6.45) is 32.5. The molecule has 4 aliphatic carbocycles. The Morgan fingerprint density at radius 2 is 1.41 bits per heavy atom. The van der Waals surface area contributed by atoms with Crippen molar-refractivity contribution in [1.82, 2.24) is 10.6 Å². The quantitative estimate of drug-likeness (QED) is 0.149. The van der Waals surface area contributed by atoms with Gasteiger partial charge in [-0.15, -0.1) is 0 Å². The fourth-order valence-electron chi connectivity index (χ4n) is 12.3. The minimum absolute atomic E-state index is 0.0818. The normalized spacial score (nSPS) is 24.1. The molecule has 2 N–H and O–H groups in total. The van der Waals surface area contributed by atoms with Crippen LogP contribution < -0.4 is 15.5 Å². The number of furan rings is 1. The lowest BCUT2D eigenvalue weighted by Gasteiger charge is -2.36. The summed E-state index contributed by atoms with van der Waals surface area (Å²) in [6.45, 7) is 0. The molecule has 5 nitrogen and oxygen atoms in total. The van der Waals surface area contributed by atoms with Crippen LogP contribution in [0.3, 0.4) is 0 Å². The average molecular weight is 887 g/mol. The molecule has 0 spiro atoms. The Morgan fingerprint density at radius 3 is 2.22 bits per heavy atom. The van der Waals surface area contributed by atoms with E-state index in [2.05, 4.69) is 198 Å². The number of benzene rings is 6. The van der Waals surface area contributed by atoms with Crippen molar-refractivity contribution in [1.29, 1.82) is 0 Å². The average Bonchev–Trinajstić information content (AvgIpc) is 3.96. The van der Waals surface area contributed by atoms with Crippen LogP contribution >= 0.6 is 0 Å². The zero-order valence-electron chi connectivity index (χ0n) is 38.7. The Morgan fingerprint density at radius 1 is 0.603 bits per heavy atom. The molecular weight excluding hydrogens is 829 g/mol. The first-order chi connectivity index (χ1) is 33.7. The lowest BCUT2D eigenvalue weighted by atomic mass is 9.81. The van der Waals surface area contributed by atoms with Crippen LogP contribution in [0.2, 0.25) is 0 Å². The van der Waals surface area contributed by atoms with Gasteiger partial charge in [0, 0.05) is 57.1 Å². The number of aliphatic imine (C=N–C) groups is 1. The zero-order chi connectivity index (χ0) is 45.0. The number of rotatable bonds is 8. The molecule has 0 saturated heterocycles. The Balaban J connectivity index is 0.990. The molecule has 13 rings (SSSR count). The van der Waals surface area contributed by atoms with Crippen molar-refractivity contribution in [2.75, 3.05) is 4.90 Å². The number of fused-ring (bicyclic) bond motifs is 6. The minimum Gasteiger partial charge on any atom is -0.455 e. The fourth-order valence-corrected chi connectivity index (χ4v) is 12.3.